The third kappa shape index (κ3) is 3.32. The molecular weight excluding hydrogens is 370 g/mol. The van der Waals surface area contributed by atoms with Gasteiger partial charge in [-0.1, -0.05) is 33.8 Å². The molecule has 150 valence electrons. The summed E-state index contributed by atoms with van der Waals surface area (Å²) in [6.07, 6.45) is 0. The van der Waals surface area contributed by atoms with Gasteiger partial charge in [-0.25, -0.2) is 8.42 Å². The number of hydrogen-bond donors (Lipinski definition) is 0. The van der Waals surface area contributed by atoms with Crippen molar-refractivity contribution in [2.45, 2.75) is 50.3 Å². The molecule has 0 saturated heterocycles. The number of nitrogens with zero attached hydrogens (tertiary/aromatic N) is 1. The molecule has 0 N–H and O–H groups in total. The average Bonchev–Trinajstić information content (AvgIpc) is 2.90. The summed E-state index contributed by atoms with van der Waals surface area (Å²) in [6, 6.07) is 12.0. The van der Waals surface area contributed by atoms with Crippen LogP contribution in [0.4, 0.5) is 0 Å². The predicted octanol–water partition coefficient (Wildman–Crippen LogP) is 5.48. The highest BCUT2D eigenvalue weighted by Crippen LogP contribution is 2.41. The van der Waals surface area contributed by atoms with E-state index in [0.717, 1.165) is 10.9 Å². The lowest BCUT2D eigenvalue weighted by molar-refractivity contribution is 0.340. The van der Waals surface area contributed by atoms with E-state index in [1.807, 2.05) is 19.2 Å². The van der Waals surface area contributed by atoms with Crippen molar-refractivity contribution < 1.29 is 13.2 Å². The van der Waals surface area contributed by atoms with E-state index in [0.29, 0.717) is 10.6 Å². The molecule has 4 nitrogen and oxygen atoms in total. The maximum Gasteiger partial charge on any atom is 0.206 e. The first-order valence-corrected chi connectivity index (χ1v) is 10.9. The lowest BCUT2D eigenvalue weighted by Crippen LogP contribution is -2.16. The molecule has 1 aromatic heterocycles. The number of hydrogen-bond acceptors (Lipinski definition) is 3. The lowest BCUT2D eigenvalue weighted by Gasteiger charge is -2.28. The topological polar surface area (TPSA) is 48.3 Å². The highest BCUT2D eigenvalue weighted by molar-refractivity contribution is 7.91. The van der Waals surface area contributed by atoms with Gasteiger partial charge in [-0.15, -0.1) is 0 Å². The molecule has 0 saturated carbocycles. The number of fused-ring (bicyclic) bond motifs is 1. The van der Waals surface area contributed by atoms with Crippen molar-refractivity contribution in [1.29, 1.82) is 0 Å². The lowest BCUT2D eigenvalue weighted by atomic mass is 9.77. The summed E-state index contributed by atoms with van der Waals surface area (Å²) in [5.74, 6) is 0.811. The zero-order valence-electron chi connectivity index (χ0n) is 17.7. The van der Waals surface area contributed by atoms with Crippen molar-refractivity contribution in [1.82, 2.24) is 4.57 Å². The van der Waals surface area contributed by atoms with E-state index < -0.39 is 9.84 Å². The molecule has 3 rings (SSSR count). The highest BCUT2D eigenvalue weighted by atomic mass is 32.2. The van der Waals surface area contributed by atoms with Gasteiger partial charge >= 0.3 is 0 Å². The zero-order chi connectivity index (χ0) is 20.9. The van der Waals surface area contributed by atoms with E-state index in [9.17, 15) is 8.42 Å². The van der Waals surface area contributed by atoms with Gasteiger partial charge in [0.05, 0.1) is 16.9 Å². The molecule has 28 heavy (non-hydrogen) atoms. The van der Waals surface area contributed by atoms with Crippen LogP contribution in [0, 0.1) is 12.3 Å². The Kier molecular flexibility index (Phi) is 5.09. The summed E-state index contributed by atoms with van der Waals surface area (Å²) in [5, 5.41) is 1.01. The highest BCUT2D eigenvalue weighted by Gasteiger charge is 2.28. The van der Waals surface area contributed by atoms with E-state index in [4.69, 9.17) is 4.74 Å². The molecule has 5 heteroatoms. The van der Waals surface area contributed by atoms with Crippen LogP contribution in [0.25, 0.3) is 10.9 Å². The van der Waals surface area contributed by atoms with Crippen LogP contribution in [0.2, 0.25) is 0 Å². The van der Waals surface area contributed by atoms with E-state index >= 15 is 0 Å². The van der Waals surface area contributed by atoms with Crippen LogP contribution in [0.15, 0.2) is 52.3 Å². The quantitative estimate of drug-likeness (QED) is 0.584. The van der Waals surface area contributed by atoms with Gasteiger partial charge in [-0.3, -0.25) is 0 Å². The monoisotopic (exact) mass is 399 g/mol. The number of benzene rings is 2. The molecule has 0 fully saturated rings. The largest absolute Gasteiger partial charge is 0.497 e. The van der Waals surface area contributed by atoms with Crippen molar-refractivity contribution in [3.63, 3.8) is 0 Å². The van der Waals surface area contributed by atoms with Gasteiger partial charge in [0.2, 0.25) is 9.84 Å². The summed E-state index contributed by atoms with van der Waals surface area (Å²) in [6.45, 7) is 11.0. The number of methoxy groups -OCH3 is 1. The Morgan fingerprint density at radius 3 is 2.29 bits per heavy atom. The second-order valence-corrected chi connectivity index (χ2v) is 10.5. The zero-order valence-corrected chi connectivity index (χ0v) is 18.5. The molecule has 2 aromatic carbocycles. The van der Waals surface area contributed by atoms with Gasteiger partial charge in [-0.2, -0.15) is 0 Å². The van der Waals surface area contributed by atoms with Crippen LogP contribution >= 0.6 is 0 Å². The van der Waals surface area contributed by atoms with E-state index in [2.05, 4.69) is 39.2 Å². The fraction of sp³-hybridized carbons (Fsp3) is 0.391. The van der Waals surface area contributed by atoms with E-state index in [-0.39, 0.29) is 16.2 Å². The molecule has 0 aliphatic carbocycles. The fourth-order valence-electron chi connectivity index (χ4n) is 3.63. The SMILES string of the molecule is COc1cccc(S(=O)(=O)c2ccc3c(c2)c(C(C)C(C)(C)C)c(C)n3C)c1. The smallest absolute Gasteiger partial charge is 0.206 e. The van der Waals surface area contributed by atoms with Crippen LogP contribution in [-0.2, 0) is 16.9 Å². The summed E-state index contributed by atoms with van der Waals surface area (Å²) >= 11 is 0. The molecule has 0 bridgehead atoms. The number of rotatable bonds is 4. The van der Waals surface area contributed by atoms with Crippen LogP contribution < -0.4 is 4.74 Å². The van der Waals surface area contributed by atoms with E-state index in [1.165, 1.54) is 18.4 Å². The van der Waals surface area contributed by atoms with Gasteiger partial charge in [-0.05, 0) is 60.2 Å². The Bertz CT molecular complexity index is 1130. The van der Waals surface area contributed by atoms with Crippen LogP contribution in [0.1, 0.15) is 44.9 Å². The molecule has 1 heterocycles. The van der Waals surface area contributed by atoms with Crippen molar-refractivity contribution >= 4 is 20.7 Å². The minimum absolute atomic E-state index is 0.0702. The maximum absolute atomic E-state index is 13.3. The first-order chi connectivity index (χ1) is 13.0. The first-order valence-electron chi connectivity index (χ1n) is 9.46. The van der Waals surface area contributed by atoms with E-state index in [1.54, 1.807) is 30.3 Å². The number of sulfone groups is 1. The number of aryl methyl sites for hydroxylation is 1. The molecule has 0 radical (unpaired) electrons. The van der Waals surface area contributed by atoms with Gasteiger partial charge in [0.25, 0.3) is 0 Å². The molecular formula is C23H29NO3S. The second kappa shape index (κ2) is 6.96. The second-order valence-electron chi connectivity index (χ2n) is 8.51. The fourth-order valence-corrected chi connectivity index (χ4v) is 4.95. The number of aromatic nitrogens is 1. The minimum atomic E-state index is -3.63. The van der Waals surface area contributed by atoms with Gasteiger partial charge < -0.3 is 9.30 Å². The summed E-state index contributed by atoms with van der Waals surface area (Å²) in [4.78, 5) is 0.547. The van der Waals surface area contributed by atoms with Gasteiger partial charge in [0.15, 0.2) is 0 Å². The van der Waals surface area contributed by atoms with Crippen LogP contribution in [0.5, 0.6) is 5.75 Å². The Morgan fingerprint density at radius 2 is 1.68 bits per heavy atom. The Hall–Kier alpha value is -2.27. The Balaban J connectivity index is 2.24. The standard InChI is InChI=1S/C23H29NO3S/c1-15(23(3,4)5)22-16(2)24(6)21-12-11-19(14-20(21)22)28(25,26)18-10-8-9-17(13-18)27-7/h8-15H,1-7H3. The summed E-state index contributed by atoms with van der Waals surface area (Å²) < 4.78 is 33.8. The number of ether oxygens (including phenoxy) is 1. The predicted molar refractivity (Wildman–Crippen MR) is 114 cm³/mol. The van der Waals surface area contributed by atoms with Crippen LogP contribution in [0.3, 0.4) is 0 Å². The Morgan fingerprint density at radius 1 is 1.04 bits per heavy atom. The van der Waals surface area contributed by atoms with Gasteiger partial charge in [0.1, 0.15) is 5.75 Å². The average molecular weight is 400 g/mol. The molecule has 0 aliphatic rings. The molecule has 1 unspecified atom stereocenters. The van der Waals surface area contributed by atoms with Crippen molar-refractivity contribution in [2.24, 2.45) is 12.5 Å². The van der Waals surface area contributed by atoms with Gasteiger partial charge in [0, 0.05) is 23.6 Å². The normalized spacial score (nSPS) is 13.7. The minimum Gasteiger partial charge on any atom is -0.497 e. The molecule has 0 aliphatic heterocycles. The van der Waals surface area contributed by atoms with Crippen molar-refractivity contribution in [3.8, 4) is 5.75 Å². The molecule has 1 atom stereocenters. The molecule has 0 amide bonds. The molecule has 3 aromatic rings. The maximum atomic E-state index is 13.3. The summed E-state index contributed by atoms with van der Waals surface area (Å²) in [7, 11) is -0.0669. The summed E-state index contributed by atoms with van der Waals surface area (Å²) in [5.41, 5.74) is 3.51. The molecule has 0 spiro atoms. The third-order valence-electron chi connectivity index (χ3n) is 5.91. The third-order valence-corrected chi connectivity index (χ3v) is 7.66. The first kappa shape index (κ1) is 20.5. The Labute approximate surface area is 168 Å². The van der Waals surface area contributed by atoms with Crippen molar-refractivity contribution in [2.75, 3.05) is 7.11 Å². The van der Waals surface area contributed by atoms with Crippen molar-refractivity contribution in [3.05, 3.63) is 53.7 Å². The van der Waals surface area contributed by atoms with Crippen LogP contribution in [-0.4, -0.2) is 20.1 Å².